The van der Waals surface area contributed by atoms with Crippen molar-refractivity contribution in [2.45, 2.75) is 113 Å². The number of likely N-dealkylation sites (tertiary alicyclic amines) is 1. The second kappa shape index (κ2) is 17.2. The molecule has 4 aliphatic heterocycles. The molecule has 2 bridgehead atoms. The number of aromatic nitrogens is 7. The Labute approximate surface area is 372 Å². The predicted octanol–water partition coefficient (Wildman–Crippen LogP) is 5.51. The maximum Gasteiger partial charge on any atom is 0.284 e. The Balaban J connectivity index is 0.670. The van der Waals surface area contributed by atoms with Crippen LogP contribution in [0.15, 0.2) is 42.9 Å². The van der Waals surface area contributed by atoms with Crippen LogP contribution in [0.3, 0.4) is 0 Å². The highest BCUT2D eigenvalue weighted by Crippen LogP contribution is 2.41. The fraction of sp³-hybridized carbons (Fsp3) is 0.543. The third-order valence-corrected chi connectivity index (χ3v) is 14.1. The molecule has 2 N–H and O–H groups in total. The van der Waals surface area contributed by atoms with E-state index < -0.39 is 36.2 Å². The molecule has 6 fully saturated rings. The van der Waals surface area contributed by atoms with Crippen molar-refractivity contribution in [3.8, 4) is 11.8 Å². The van der Waals surface area contributed by atoms with E-state index in [2.05, 4.69) is 42.5 Å². The zero-order valence-electron chi connectivity index (χ0n) is 35.8. The van der Waals surface area contributed by atoms with Gasteiger partial charge in [-0.1, -0.05) is 24.0 Å². The van der Waals surface area contributed by atoms with Crippen LogP contribution in [0.5, 0.6) is 0 Å². The molecule has 2 aliphatic carbocycles. The number of nitrogens with zero attached hydrogens (tertiary/aromatic N) is 9. The molecule has 340 valence electrons. The van der Waals surface area contributed by atoms with Gasteiger partial charge in [0.1, 0.15) is 24.2 Å². The number of hydrogen-bond donors (Lipinski definition) is 2. The number of alkyl halides is 3. The summed E-state index contributed by atoms with van der Waals surface area (Å²) >= 11 is 0. The van der Waals surface area contributed by atoms with Gasteiger partial charge >= 0.3 is 0 Å². The van der Waals surface area contributed by atoms with Crippen LogP contribution < -0.4 is 15.5 Å². The number of para-hydroxylation sites is 1. The van der Waals surface area contributed by atoms with E-state index in [1.54, 1.807) is 10.9 Å². The van der Waals surface area contributed by atoms with Crippen molar-refractivity contribution >= 4 is 45.8 Å². The molecule has 4 saturated heterocycles. The van der Waals surface area contributed by atoms with E-state index in [0.29, 0.717) is 43.3 Å². The number of benzene rings is 1. The lowest BCUT2D eigenvalue weighted by molar-refractivity contribution is -0.134. The highest BCUT2D eigenvalue weighted by atomic mass is 19.3. The average molecular weight is 894 g/mol. The first-order valence-corrected chi connectivity index (χ1v) is 22.9. The molecule has 5 aromatic rings. The Morgan fingerprint density at radius 3 is 2.62 bits per heavy atom. The quantitative estimate of drug-likeness (QED) is 0.127. The number of amides is 3. The predicted molar refractivity (Wildman–Crippen MR) is 230 cm³/mol. The van der Waals surface area contributed by atoms with Gasteiger partial charge in [0, 0.05) is 50.4 Å². The van der Waals surface area contributed by atoms with E-state index in [9.17, 15) is 23.2 Å². The van der Waals surface area contributed by atoms with E-state index in [1.165, 1.54) is 16.9 Å². The van der Waals surface area contributed by atoms with Crippen LogP contribution in [0.4, 0.5) is 24.7 Å². The fourth-order valence-corrected chi connectivity index (χ4v) is 10.5. The molecule has 3 amide bonds. The molecule has 19 heteroatoms. The molecule has 16 nitrogen and oxygen atoms in total. The molecule has 0 spiro atoms. The average Bonchev–Trinajstić information content (AvgIpc) is 3.73. The van der Waals surface area contributed by atoms with Gasteiger partial charge in [0.25, 0.3) is 12.3 Å². The number of carbonyl (C=O) groups excluding carboxylic acids is 3. The standard InChI is InChI=1S/C46H50F3N11O5/c47-35-23-56(16-14-37(35)64-18-2-4-27-3-1-5-32-40(33-12-13-39(61)53-45(33)62)55-60(42(27)32)29-10-11-29)21-26-6-8-28(9-7-26)59-24-36(41(54-59)43(48)49)51-46(63)34-20-50-58-17-15-38(52-44(34)58)57-22-31-19-30(57)25-65-31/h1,3,5,15,17,20,24,26,28-31,33,35,37,43H,6-14,16,18-19,21-23,25H2,(H,51,63)(H,53,61,62)/t26-,28-,30-,31-,33?,35-,37-/m1/s1. The maximum absolute atomic E-state index is 15.6. The molecule has 4 aromatic heterocycles. The van der Waals surface area contributed by atoms with Gasteiger partial charge in [0.2, 0.25) is 11.8 Å². The van der Waals surface area contributed by atoms with Crippen LogP contribution in [-0.4, -0.2) is 121 Å². The highest BCUT2D eigenvalue weighted by Gasteiger charge is 2.40. The van der Waals surface area contributed by atoms with Crippen LogP contribution in [-0.2, 0) is 19.1 Å². The number of anilines is 2. The first-order valence-electron chi connectivity index (χ1n) is 22.9. The normalized spacial score (nSPS) is 27.1. The number of carbonyl (C=O) groups is 3. The molecule has 0 radical (unpaired) electrons. The molecule has 65 heavy (non-hydrogen) atoms. The fourth-order valence-electron chi connectivity index (χ4n) is 10.5. The smallest absolute Gasteiger partial charge is 0.284 e. The third-order valence-electron chi connectivity index (χ3n) is 14.1. The summed E-state index contributed by atoms with van der Waals surface area (Å²) in [5.41, 5.74) is 2.29. The zero-order chi connectivity index (χ0) is 44.3. The van der Waals surface area contributed by atoms with Crippen molar-refractivity contribution in [2.24, 2.45) is 5.92 Å². The molecule has 6 aliphatic rings. The number of imide groups is 1. The number of ether oxygens (including phenoxy) is 2. The van der Waals surface area contributed by atoms with Crippen LogP contribution in [0.25, 0.3) is 16.6 Å². The Morgan fingerprint density at radius 2 is 1.86 bits per heavy atom. The largest absolute Gasteiger partial charge is 0.374 e. The summed E-state index contributed by atoms with van der Waals surface area (Å²) in [4.78, 5) is 47.2. The Bertz CT molecular complexity index is 2710. The number of nitrogens with one attached hydrogen (secondary N) is 2. The Kier molecular flexibility index (Phi) is 11.1. The first kappa shape index (κ1) is 41.8. The molecule has 5 atom stereocenters. The van der Waals surface area contributed by atoms with E-state index in [-0.39, 0.29) is 66.9 Å². The summed E-state index contributed by atoms with van der Waals surface area (Å²) in [6.45, 7) is 3.13. The highest BCUT2D eigenvalue weighted by molar-refractivity contribution is 6.08. The van der Waals surface area contributed by atoms with Crippen molar-refractivity contribution in [2.75, 3.05) is 49.6 Å². The van der Waals surface area contributed by atoms with Crippen LogP contribution in [0.1, 0.15) is 116 Å². The maximum atomic E-state index is 15.6. The van der Waals surface area contributed by atoms with Crippen molar-refractivity contribution in [3.63, 3.8) is 0 Å². The van der Waals surface area contributed by atoms with E-state index >= 15 is 4.39 Å². The molecular weight excluding hydrogens is 844 g/mol. The number of piperidine rings is 2. The van der Waals surface area contributed by atoms with Gasteiger partial charge in [-0.15, -0.1) is 0 Å². The summed E-state index contributed by atoms with van der Waals surface area (Å²) in [5, 5.41) is 19.4. The van der Waals surface area contributed by atoms with E-state index in [0.717, 1.165) is 80.3 Å². The first-order chi connectivity index (χ1) is 31.6. The lowest BCUT2D eigenvalue weighted by Crippen LogP contribution is -2.47. The van der Waals surface area contributed by atoms with Crippen molar-refractivity contribution in [3.05, 3.63) is 65.4 Å². The summed E-state index contributed by atoms with van der Waals surface area (Å²) in [6, 6.07) is 7.98. The van der Waals surface area contributed by atoms with Gasteiger partial charge in [-0.3, -0.25) is 34.0 Å². The SMILES string of the molecule is O=C1CCC(c2nn(C3CC3)c3c(C#CCO[C@@H]4CCN(C[C@H]5CC[C@H](n6cc(NC(=O)c7cnn8ccc(N9C[C@H]%10C[C@@H]9CO%10)nc78)c(C(F)F)n6)CC5)C[C@H]4F)cccc23)C(=O)N1. The van der Waals surface area contributed by atoms with Gasteiger partial charge in [0.15, 0.2) is 11.3 Å². The van der Waals surface area contributed by atoms with Gasteiger partial charge in [-0.25, -0.2) is 22.7 Å². The Hall–Kier alpha value is -5.84. The number of rotatable bonds is 11. The molecule has 8 heterocycles. The van der Waals surface area contributed by atoms with Crippen molar-refractivity contribution in [1.82, 2.24) is 44.4 Å². The second-order valence-electron chi connectivity index (χ2n) is 18.4. The minimum Gasteiger partial charge on any atom is -0.374 e. The topological polar surface area (TPSA) is 166 Å². The number of fused-ring (bicyclic) bond motifs is 4. The van der Waals surface area contributed by atoms with Crippen LogP contribution >= 0.6 is 0 Å². The van der Waals surface area contributed by atoms with Gasteiger partial charge in [0.05, 0.1) is 71.5 Å². The minimum absolute atomic E-state index is 0.0410. The van der Waals surface area contributed by atoms with Gasteiger partial charge in [-0.2, -0.15) is 15.3 Å². The molecule has 2 saturated carbocycles. The summed E-state index contributed by atoms with van der Waals surface area (Å²) in [6.07, 6.45) is 7.45. The lowest BCUT2D eigenvalue weighted by Gasteiger charge is -2.38. The number of halogens is 3. The number of morpholine rings is 1. The molecule has 11 rings (SSSR count). The van der Waals surface area contributed by atoms with Crippen molar-refractivity contribution < 1.29 is 37.0 Å². The molecular formula is C46H50F3N11O5. The summed E-state index contributed by atoms with van der Waals surface area (Å²) in [7, 11) is 0. The third kappa shape index (κ3) is 8.24. The molecule has 1 aromatic carbocycles. The Morgan fingerprint density at radius 1 is 1.02 bits per heavy atom. The van der Waals surface area contributed by atoms with Crippen LogP contribution in [0.2, 0.25) is 0 Å². The summed E-state index contributed by atoms with van der Waals surface area (Å²) in [5.74, 6) is 5.69. The minimum atomic E-state index is -2.89. The number of hydrogen-bond acceptors (Lipinski definition) is 11. The molecule has 1 unspecified atom stereocenters. The lowest BCUT2D eigenvalue weighted by atomic mass is 9.85. The zero-order valence-corrected chi connectivity index (χ0v) is 35.8. The van der Waals surface area contributed by atoms with Crippen molar-refractivity contribution in [1.29, 1.82) is 0 Å². The van der Waals surface area contributed by atoms with E-state index in [1.807, 2.05) is 28.9 Å². The van der Waals surface area contributed by atoms with Crippen LogP contribution in [0, 0.1) is 17.8 Å². The summed E-state index contributed by atoms with van der Waals surface area (Å²) < 4.78 is 60.9. The van der Waals surface area contributed by atoms with Gasteiger partial charge in [-0.05, 0) is 75.8 Å². The van der Waals surface area contributed by atoms with Gasteiger partial charge < -0.3 is 19.7 Å². The van der Waals surface area contributed by atoms with E-state index in [4.69, 9.17) is 19.6 Å². The monoisotopic (exact) mass is 893 g/mol. The second-order valence-corrected chi connectivity index (χ2v) is 18.4.